The number of carbonyl (C=O) groups excluding carboxylic acids is 1. The van der Waals surface area contributed by atoms with Gasteiger partial charge >= 0.3 is 5.97 Å². The first-order chi connectivity index (χ1) is 15.6. The van der Waals surface area contributed by atoms with E-state index in [1.807, 2.05) is 0 Å². The van der Waals surface area contributed by atoms with Crippen LogP contribution in [0.5, 0.6) is 5.75 Å². The molecule has 34 heavy (non-hydrogen) atoms. The molecule has 1 atom stereocenters. The molecule has 0 fully saturated rings. The Hall–Kier alpha value is -1.25. The second-order valence-corrected chi connectivity index (χ2v) is 24.3. The predicted molar refractivity (Wildman–Crippen MR) is 141 cm³/mol. The van der Waals surface area contributed by atoms with Crippen LogP contribution in [0.2, 0.25) is 51.4 Å². The van der Waals surface area contributed by atoms with Crippen LogP contribution in [-0.4, -0.2) is 79.5 Å². The van der Waals surface area contributed by atoms with E-state index in [2.05, 4.69) is 39.3 Å². The molecule has 1 unspecified atom stereocenters. The van der Waals surface area contributed by atoms with Gasteiger partial charge in [-0.25, -0.2) is 8.42 Å². The number of sulfonamides is 1. The molecule has 0 heterocycles. The molecule has 0 saturated carbocycles. The zero-order valence-electron chi connectivity index (χ0n) is 21.8. The van der Waals surface area contributed by atoms with Crippen LogP contribution in [-0.2, 0) is 29.0 Å². The number of esters is 1. The number of aromatic hydroxyl groups is 1. The highest BCUT2D eigenvalue weighted by atomic mass is 32.2. The van der Waals surface area contributed by atoms with Crippen LogP contribution in [0.25, 0.3) is 0 Å². The third-order valence-electron chi connectivity index (χ3n) is 5.27. The lowest BCUT2D eigenvalue weighted by atomic mass is 9.97. The minimum atomic E-state index is -3.83. The van der Waals surface area contributed by atoms with Crippen molar-refractivity contribution >= 4 is 32.1 Å². The average Bonchev–Trinajstić information content (AvgIpc) is 2.70. The molecule has 1 aromatic rings. The Morgan fingerprint density at radius 2 is 1.41 bits per heavy atom. The second kappa shape index (κ2) is 13.7. The fourth-order valence-electron chi connectivity index (χ4n) is 2.95. The number of carbonyl (C=O) groups is 1. The van der Waals surface area contributed by atoms with Crippen LogP contribution in [0.4, 0.5) is 0 Å². The monoisotopic (exact) mass is 533 g/mol. The van der Waals surface area contributed by atoms with Crippen LogP contribution in [0.15, 0.2) is 24.3 Å². The van der Waals surface area contributed by atoms with E-state index in [0.29, 0.717) is 18.8 Å². The maximum absolute atomic E-state index is 13.4. The number of phenolic OH excluding ortho intramolecular Hbond substituents is 1. The molecule has 0 saturated heterocycles. The maximum Gasteiger partial charge on any atom is 0.306 e. The van der Waals surface area contributed by atoms with E-state index >= 15 is 0 Å². The zero-order valence-corrected chi connectivity index (χ0v) is 24.6. The third-order valence-corrected chi connectivity index (χ3v) is 10.5. The van der Waals surface area contributed by atoms with Gasteiger partial charge in [-0.2, -0.15) is 4.31 Å². The lowest BCUT2D eigenvalue weighted by Gasteiger charge is -2.26. The third kappa shape index (κ3) is 13.0. The number of nitrogens with zero attached hydrogens (tertiary/aromatic N) is 1. The molecule has 0 aliphatic rings. The first kappa shape index (κ1) is 30.8. The van der Waals surface area contributed by atoms with Crippen molar-refractivity contribution in [1.29, 1.82) is 0 Å². The molecule has 1 N–H and O–H groups in total. The summed E-state index contributed by atoms with van der Waals surface area (Å²) < 4.78 is 44.3. The topological polar surface area (TPSA) is 102 Å². The fourth-order valence-corrected chi connectivity index (χ4v) is 5.96. The molecule has 0 aliphatic heterocycles. The van der Waals surface area contributed by atoms with Gasteiger partial charge in [-0.3, -0.25) is 4.79 Å². The van der Waals surface area contributed by atoms with E-state index in [-0.39, 0.29) is 31.4 Å². The van der Waals surface area contributed by atoms with Gasteiger partial charge in [0.15, 0.2) is 0 Å². The van der Waals surface area contributed by atoms with Crippen molar-refractivity contribution in [3.05, 3.63) is 29.8 Å². The van der Waals surface area contributed by atoms with Gasteiger partial charge in [0.2, 0.25) is 10.0 Å². The highest BCUT2D eigenvalue weighted by Crippen LogP contribution is 2.26. The van der Waals surface area contributed by atoms with Crippen LogP contribution < -0.4 is 0 Å². The number of rotatable bonds is 16. The van der Waals surface area contributed by atoms with Gasteiger partial charge in [0.05, 0.1) is 19.3 Å². The number of ether oxygens (including phenoxy) is 3. The van der Waals surface area contributed by atoms with Crippen molar-refractivity contribution in [1.82, 2.24) is 4.31 Å². The molecule has 0 amide bonds. The molecule has 0 aliphatic carbocycles. The van der Waals surface area contributed by atoms with Crippen molar-refractivity contribution in [3.63, 3.8) is 0 Å². The van der Waals surface area contributed by atoms with Crippen molar-refractivity contribution in [2.24, 2.45) is 0 Å². The Labute approximate surface area is 207 Å². The predicted octanol–water partition coefficient (Wildman–Crippen LogP) is 4.30. The number of hydrogen-bond acceptors (Lipinski definition) is 7. The zero-order chi connectivity index (χ0) is 26.0. The summed E-state index contributed by atoms with van der Waals surface area (Å²) in [6.07, 6.45) is -0.0959. The summed E-state index contributed by atoms with van der Waals surface area (Å²) in [7, 11) is -5.19. The molecule has 8 nitrogen and oxygen atoms in total. The summed E-state index contributed by atoms with van der Waals surface area (Å²) in [5, 5.41) is 9.60. The standard InChI is InChI=1S/C23H43NO7SSi2/c1-29-23(26)16-21(20-8-10-22(25)11-9-20)17-32(27,28)24(18-30-12-14-33(2,3)4)19-31-13-15-34(5,6)7/h8-11,21,25H,12-19H2,1-7H3. The van der Waals surface area contributed by atoms with E-state index in [0.717, 1.165) is 12.1 Å². The van der Waals surface area contributed by atoms with Crippen molar-refractivity contribution in [3.8, 4) is 5.75 Å². The molecule has 1 rings (SSSR count). The SMILES string of the molecule is COC(=O)CC(CS(=O)(=O)N(COCC[Si](C)(C)C)COCC[Si](C)(C)C)c1ccc(O)cc1. The molecule has 0 radical (unpaired) electrons. The molecule has 0 aromatic heterocycles. The normalized spacial score (nSPS) is 13.8. The summed E-state index contributed by atoms with van der Waals surface area (Å²) in [6.45, 7) is 14.2. The van der Waals surface area contributed by atoms with E-state index < -0.39 is 38.1 Å². The summed E-state index contributed by atoms with van der Waals surface area (Å²) in [4.78, 5) is 12.0. The quantitative estimate of drug-likeness (QED) is 0.146. The van der Waals surface area contributed by atoms with Crippen molar-refractivity contribution in [2.75, 3.05) is 39.5 Å². The first-order valence-corrected chi connectivity index (χ1v) is 20.6. The van der Waals surface area contributed by atoms with E-state index in [1.165, 1.54) is 23.5 Å². The number of benzene rings is 1. The molecular formula is C23H43NO7SSi2. The number of phenols is 1. The molecular weight excluding hydrogens is 490 g/mol. The highest BCUT2D eigenvalue weighted by molar-refractivity contribution is 7.89. The largest absolute Gasteiger partial charge is 0.508 e. The van der Waals surface area contributed by atoms with Gasteiger partial charge in [-0.05, 0) is 29.8 Å². The molecule has 196 valence electrons. The lowest BCUT2D eigenvalue weighted by molar-refractivity contribution is -0.140. The highest BCUT2D eigenvalue weighted by Gasteiger charge is 2.30. The Balaban J connectivity index is 3.00. The summed E-state index contributed by atoms with van der Waals surface area (Å²) in [5.74, 6) is -1.37. The second-order valence-electron chi connectivity index (χ2n) is 11.0. The summed E-state index contributed by atoms with van der Waals surface area (Å²) >= 11 is 0. The van der Waals surface area contributed by atoms with Gasteiger partial charge in [0, 0.05) is 35.3 Å². The number of methoxy groups -OCH3 is 1. The molecule has 0 bridgehead atoms. The van der Waals surface area contributed by atoms with Gasteiger partial charge in [-0.1, -0.05) is 51.4 Å². The average molecular weight is 534 g/mol. The summed E-state index contributed by atoms with van der Waals surface area (Å²) in [6, 6.07) is 8.05. The van der Waals surface area contributed by atoms with Gasteiger partial charge in [0.25, 0.3) is 0 Å². The van der Waals surface area contributed by atoms with E-state index in [4.69, 9.17) is 14.2 Å². The number of hydrogen-bond donors (Lipinski definition) is 1. The molecule has 11 heteroatoms. The van der Waals surface area contributed by atoms with Gasteiger partial charge < -0.3 is 19.3 Å². The Morgan fingerprint density at radius 3 is 1.82 bits per heavy atom. The minimum absolute atomic E-state index is 0.0663. The van der Waals surface area contributed by atoms with E-state index in [1.54, 1.807) is 12.1 Å². The molecule has 1 aromatic carbocycles. The summed E-state index contributed by atoms with van der Waals surface area (Å²) in [5.41, 5.74) is 0.631. The van der Waals surface area contributed by atoms with Crippen LogP contribution >= 0.6 is 0 Å². The fraction of sp³-hybridized carbons (Fsp3) is 0.696. The van der Waals surface area contributed by atoms with Crippen LogP contribution in [0.1, 0.15) is 17.9 Å². The van der Waals surface area contributed by atoms with Crippen molar-refractivity contribution < 1.29 is 32.5 Å². The van der Waals surface area contributed by atoms with Crippen LogP contribution in [0, 0.1) is 0 Å². The van der Waals surface area contributed by atoms with Gasteiger partial charge in [0.1, 0.15) is 19.2 Å². The minimum Gasteiger partial charge on any atom is -0.508 e. The smallest absolute Gasteiger partial charge is 0.306 e. The first-order valence-electron chi connectivity index (χ1n) is 11.6. The maximum atomic E-state index is 13.4. The van der Waals surface area contributed by atoms with Crippen LogP contribution in [0.3, 0.4) is 0 Å². The Morgan fingerprint density at radius 1 is 0.941 bits per heavy atom. The lowest BCUT2D eigenvalue weighted by Crippen LogP contribution is -2.39. The van der Waals surface area contributed by atoms with Crippen molar-refractivity contribution in [2.45, 2.75) is 63.7 Å². The van der Waals surface area contributed by atoms with E-state index in [9.17, 15) is 18.3 Å². The Bertz CT molecular complexity index is 828. The van der Waals surface area contributed by atoms with Gasteiger partial charge in [-0.15, -0.1) is 0 Å². The molecule has 0 spiro atoms. The Kier molecular flexibility index (Phi) is 12.4.